The van der Waals surface area contributed by atoms with Gasteiger partial charge < -0.3 is 14.4 Å². The summed E-state index contributed by atoms with van der Waals surface area (Å²) in [5, 5.41) is 6.68. The Morgan fingerprint density at radius 2 is 2.07 bits per heavy atom. The number of carbonyl (C=O) groups excluding carboxylic acids is 1. The summed E-state index contributed by atoms with van der Waals surface area (Å²) in [5.41, 5.74) is -0.0404. The number of rotatable bonds is 5. The van der Waals surface area contributed by atoms with Gasteiger partial charge in [-0.1, -0.05) is 6.07 Å². The molecule has 0 radical (unpaired) electrons. The van der Waals surface area contributed by atoms with E-state index in [1.54, 1.807) is 18.0 Å². The second kappa shape index (κ2) is 7.99. The van der Waals surface area contributed by atoms with Crippen molar-refractivity contribution in [2.75, 3.05) is 20.3 Å². The van der Waals surface area contributed by atoms with E-state index in [9.17, 15) is 18.0 Å². The van der Waals surface area contributed by atoms with Crippen LogP contribution in [0.4, 0.5) is 13.2 Å². The molecule has 0 spiro atoms. The zero-order valence-electron chi connectivity index (χ0n) is 14.8. The average molecular weight is 383 g/mol. The summed E-state index contributed by atoms with van der Waals surface area (Å²) in [6, 6.07) is 6.28. The van der Waals surface area contributed by atoms with Gasteiger partial charge in [0.2, 0.25) is 0 Å². The summed E-state index contributed by atoms with van der Waals surface area (Å²) < 4.78 is 48.9. The largest absolute Gasteiger partial charge is 0.487 e. The van der Waals surface area contributed by atoms with Crippen LogP contribution >= 0.6 is 0 Å². The number of hydrogen-bond acceptors (Lipinski definition) is 4. The number of nitrogens with zero attached hydrogens (tertiary/aromatic N) is 2. The van der Waals surface area contributed by atoms with E-state index >= 15 is 0 Å². The van der Waals surface area contributed by atoms with Gasteiger partial charge in [0.15, 0.2) is 5.69 Å². The van der Waals surface area contributed by atoms with Crippen LogP contribution in [-0.4, -0.2) is 47.3 Å². The molecule has 6 nitrogen and oxygen atoms in total. The topological polar surface area (TPSA) is 67.5 Å². The fraction of sp³-hybridized carbons (Fsp3) is 0.444. The lowest BCUT2D eigenvalue weighted by atomic mass is 10.1. The van der Waals surface area contributed by atoms with Gasteiger partial charge in [0.05, 0.1) is 11.3 Å². The van der Waals surface area contributed by atoms with Gasteiger partial charge in [0.25, 0.3) is 5.91 Å². The summed E-state index contributed by atoms with van der Waals surface area (Å²) in [6.45, 7) is 1.22. The van der Waals surface area contributed by atoms with E-state index in [-0.39, 0.29) is 30.0 Å². The molecular weight excluding hydrogens is 363 g/mol. The van der Waals surface area contributed by atoms with E-state index in [1.807, 2.05) is 0 Å². The average Bonchev–Trinajstić information content (AvgIpc) is 3.14. The second-order valence-electron chi connectivity index (χ2n) is 6.35. The molecule has 0 unspecified atom stereocenters. The van der Waals surface area contributed by atoms with Crippen molar-refractivity contribution in [2.45, 2.75) is 31.7 Å². The highest BCUT2D eigenvalue weighted by Gasteiger charge is 2.30. The molecule has 1 amide bonds. The fourth-order valence-corrected chi connectivity index (χ4v) is 2.89. The molecule has 1 aliphatic heterocycles. The number of benzene rings is 1. The third kappa shape index (κ3) is 4.79. The van der Waals surface area contributed by atoms with Gasteiger partial charge in [-0.05, 0) is 37.1 Å². The zero-order valence-corrected chi connectivity index (χ0v) is 14.8. The number of aromatic amines is 1. The molecule has 3 rings (SSSR count). The number of hydrogen-bond donors (Lipinski definition) is 1. The molecule has 1 aromatic carbocycles. The Morgan fingerprint density at radius 1 is 1.33 bits per heavy atom. The molecule has 2 heterocycles. The number of amides is 1. The number of alkyl halides is 3. The van der Waals surface area contributed by atoms with Crippen LogP contribution in [0.25, 0.3) is 0 Å². The van der Waals surface area contributed by atoms with Gasteiger partial charge in [-0.3, -0.25) is 9.89 Å². The Hall–Kier alpha value is -2.55. The minimum absolute atomic E-state index is 0.0252. The van der Waals surface area contributed by atoms with Crippen LogP contribution < -0.4 is 4.74 Å². The van der Waals surface area contributed by atoms with E-state index in [0.717, 1.165) is 25.0 Å². The molecule has 1 fully saturated rings. The fourth-order valence-electron chi connectivity index (χ4n) is 2.89. The first-order valence-corrected chi connectivity index (χ1v) is 8.54. The molecule has 2 aromatic rings. The molecule has 9 heteroatoms. The summed E-state index contributed by atoms with van der Waals surface area (Å²) in [7, 11) is 1.73. The van der Waals surface area contributed by atoms with Crippen molar-refractivity contribution < 1.29 is 27.4 Å². The van der Waals surface area contributed by atoms with Crippen molar-refractivity contribution in [2.24, 2.45) is 0 Å². The molecule has 1 aromatic heterocycles. The van der Waals surface area contributed by atoms with Crippen molar-refractivity contribution >= 4 is 5.91 Å². The number of halogens is 3. The molecule has 1 saturated heterocycles. The van der Waals surface area contributed by atoms with Gasteiger partial charge in [0.1, 0.15) is 12.4 Å². The quantitative estimate of drug-likeness (QED) is 0.861. The predicted molar refractivity (Wildman–Crippen MR) is 90.3 cm³/mol. The second-order valence-corrected chi connectivity index (χ2v) is 6.35. The van der Waals surface area contributed by atoms with Gasteiger partial charge >= 0.3 is 6.18 Å². The minimum atomic E-state index is -4.43. The maximum atomic E-state index is 12.7. The minimum Gasteiger partial charge on any atom is -0.487 e. The third-order valence-corrected chi connectivity index (χ3v) is 4.46. The van der Waals surface area contributed by atoms with E-state index in [1.165, 1.54) is 12.1 Å². The van der Waals surface area contributed by atoms with Crippen LogP contribution in [-0.2, 0) is 17.5 Å². The molecule has 146 valence electrons. The predicted octanol–water partition coefficient (Wildman–Crippen LogP) is 3.26. The van der Waals surface area contributed by atoms with Crippen LogP contribution in [0.15, 0.2) is 30.3 Å². The summed E-state index contributed by atoms with van der Waals surface area (Å²) in [5.74, 6) is -0.130. The third-order valence-electron chi connectivity index (χ3n) is 4.46. The number of nitrogens with one attached hydrogen (secondary N) is 1. The Balaban J connectivity index is 1.60. The number of aromatic nitrogens is 2. The zero-order chi connectivity index (χ0) is 19.4. The normalized spacial score (nSPS) is 15.6. The molecule has 1 aliphatic rings. The maximum Gasteiger partial charge on any atom is 0.416 e. The first-order chi connectivity index (χ1) is 12.8. The highest BCUT2D eigenvalue weighted by molar-refractivity contribution is 5.92. The lowest BCUT2D eigenvalue weighted by Gasteiger charge is -2.30. The molecule has 27 heavy (non-hydrogen) atoms. The van der Waals surface area contributed by atoms with Crippen molar-refractivity contribution in [1.82, 2.24) is 15.1 Å². The Labute approximate surface area is 154 Å². The number of carbonyl (C=O) groups is 1. The van der Waals surface area contributed by atoms with Crippen LogP contribution in [0.5, 0.6) is 5.75 Å². The first kappa shape index (κ1) is 19.2. The number of ether oxygens (including phenoxy) is 2. The van der Waals surface area contributed by atoms with Crippen LogP contribution in [0.2, 0.25) is 0 Å². The molecule has 0 aliphatic carbocycles. The number of H-pyrrole nitrogens is 1. The molecule has 0 bridgehead atoms. The Kier molecular flexibility index (Phi) is 5.69. The van der Waals surface area contributed by atoms with Crippen molar-refractivity contribution in [3.05, 3.63) is 47.3 Å². The molecular formula is C18H20F3N3O3. The summed E-state index contributed by atoms with van der Waals surface area (Å²) >= 11 is 0. The first-order valence-electron chi connectivity index (χ1n) is 8.54. The molecule has 0 atom stereocenters. The molecule has 0 saturated carbocycles. The maximum absolute atomic E-state index is 12.7. The monoisotopic (exact) mass is 383 g/mol. The highest BCUT2D eigenvalue weighted by atomic mass is 19.4. The standard InChI is InChI=1S/C18H20F3N3O3/c1-24(14-5-7-26-8-6-14)17(25)16-10-13(22-23-16)11-27-15-4-2-3-12(9-15)18(19,20)21/h2-4,9-10,14H,5-8,11H2,1H3,(H,22,23). The van der Waals surface area contributed by atoms with Crippen molar-refractivity contribution in [3.8, 4) is 5.75 Å². The van der Waals surface area contributed by atoms with Gasteiger partial charge in [-0.2, -0.15) is 18.3 Å². The molecule has 1 N–H and O–H groups in total. The van der Waals surface area contributed by atoms with Gasteiger partial charge in [-0.25, -0.2) is 0 Å². The van der Waals surface area contributed by atoms with Crippen molar-refractivity contribution in [1.29, 1.82) is 0 Å². The smallest absolute Gasteiger partial charge is 0.416 e. The summed E-state index contributed by atoms with van der Waals surface area (Å²) in [4.78, 5) is 14.2. The van der Waals surface area contributed by atoms with Crippen LogP contribution in [0.3, 0.4) is 0 Å². The highest BCUT2D eigenvalue weighted by Crippen LogP contribution is 2.31. The van der Waals surface area contributed by atoms with Crippen LogP contribution in [0.1, 0.15) is 34.6 Å². The summed E-state index contributed by atoms with van der Waals surface area (Å²) in [6.07, 6.45) is -2.88. The van der Waals surface area contributed by atoms with Gasteiger partial charge in [-0.15, -0.1) is 0 Å². The van der Waals surface area contributed by atoms with Gasteiger partial charge in [0, 0.05) is 26.3 Å². The van der Waals surface area contributed by atoms with E-state index in [4.69, 9.17) is 9.47 Å². The van der Waals surface area contributed by atoms with Crippen molar-refractivity contribution in [3.63, 3.8) is 0 Å². The lowest BCUT2D eigenvalue weighted by molar-refractivity contribution is -0.137. The van der Waals surface area contributed by atoms with E-state index in [0.29, 0.717) is 18.9 Å². The van der Waals surface area contributed by atoms with E-state index < -0.39 is 11.7 Å². The van der Waals surface area contributed by atoms with E-state index in [2.05, 4.69) is 10.2 Å². The lowest BCUT2D eigenvalue weighted by Crippen LogP contribution is -2.40. The SMILES string of the molecule is CN(C(=O)c1cc(COc2cccc(C(F)(F)F)c2)[nH]n1)C1CCOCC1. The Bertz CT molecular complexity index is 785. The Morgan fingerprint density at radius 3 is 2.78 bits per heavy atom. The van der Waals surface area contributed by atoms with Crippen LogP contribution in [0, 0.1) is 0 Å².